The number of alkyl halides is 18. The van der Waals surface area contributed by atoms with Crippen molar-refractivity contribution in [2.45, 2.75) is 53.9 Å². The molecular weight excluding hydrogens is 685 g/mol. The van der Waals surface area contributed by atoms with E-state index < -0.39 is 88.8 Å². The predicted molar refractivity (Wildman–Crippen MR) is 111 cm³/mol. The molecule has 2 aliphatic heterocycles. The van der Waals surface area contributed by atoms with Gasteiger partial charge in [-0.1, -0.05) is 0 Å². The van der Waals surface area contributed by atoms with Crippen molar-refractivity contribution >= 4 is 17.7 Å². The third-order valence-electron chi connectivity index (χ3n) is 7.25. The number of hydrogen-bond acceptors (Lipinski definition) is 3. The number of rotatable bonds is 2. The molecule has 0 saturated heterocycles. The number of benzene rings is 2. The van der Waals surface area contributed by atoms with E-state index >= 15 is 0 Å². The first kappa shape index (κ1) is 34.4. The van der Waals surface area contributed by atoms with Gasteiger partial charge in [-0.2, -0.15) is 0 Å². The van der Waals surface area contributed by atoms with Crippen molar-refractivity contribution in [2.24, 2.45) is 0 Å². The van der Waals surface area contributed by atoms with Gasteiger partial charge in [0.05, 0.1) is 0 Å². The van der Waals surface area contributed by atoms with Crippen LogP contribution in [-0.2, 0) is 20.2 Å². The molecular formula is C22H11F18O3P. The molecule has 2 aromatic carbocycles. The predicted octanol–water partition coefficient (Wildman–Crippen LogP) is 7.58. The van der Waals surface area contributed by atoms with Gasteiger partial charge in [-0.15, -0.1) is 0 Å². The summed E-state index contributed by atoms with van der Waals surface area (Å²) >= 11 is 0. The molecule has 0 fully saturated rings. The molecule has 0 atom stereocenters. The maximum absolute atomic E-state index is 14.5. The number of aliphatic hydroxyl groups is 1. The summed E-state index contributed by atoms with van der Waals surface area (Å²) in [5.41, 5.74) is -24.0. The fraction of sp³-hybridized carbons (Fsp3) is 0.455. The first-order valence-corrected chi connectivity index (χ1v) is 13.4. The van der Waals surface area contributed by atoms with Crippen LogP contribution in [0.5, 0.6) is 0 Å². The van der Waals surface area contributed by atoms with E-state index in [2.05, 4.69) is 9.05 Å². The van der Waals surface area contributed by atoms with Gasteiger partial charge in [0, 0.05) is 0 Å². The molecule has 0 unspecified atom stereocenters. The second kappa shape index (κ2) is 8.85. The molecule has 0 aliphatic carbocycles. The van der Waals surface area contributed by atoms with Crippen LogP contribution in [0.4, 0.5) is 79.0 Å². The van der Waals surface area contributed by atoms with Gasteiger partial charge < -0.3 is 0 Å². The Morgan fingerprint density at radius 1 is 0.500 bits per heavy atom. The van der Waals surface area contributed by atoms with Gasteiger partial charge in [0.1, 0.15) is 0 Å². The topological polar surface area (TPSA) is 38.7 Å². The van der Waals surface area contributed by atoms with Crippen LogP contribution in [0.1, 0.15) is 11.1 Å². The third kappa shape index (κ3) is 3.90. The zero-order valence-corrected chi connectivity index (χ0v) is 21.2. The van der Waals surface area contributed by atoms with Gasteiger partial charge in [-0.25, -0.2) is 0 Å². The van der Waals surface area contributed by atoms with Crippen LogP contribution in [0.2, 0.25) is 0 Å². The summed E-state index contributed by atoms with van der Waals surface area (Å²) < 4.78 is 266. The minimum atomic E-state index is -8.54. The van der Waals surface area contributed by atoms with E-state index in [-0.39, 0.29) is 36.4 Å². The summed E-state index contributed by atoms with van der Waals surface area (Å²) in [6, 6.07) is 0.235. The molecule has 22 heteroatoms. The molecule has 4 rings (SSSR count). The van der Waals surface area contributed by atoms with Crippen molar-refractivity contribution in [3.05, 3.63) is 59.7 Å². The third-order valence-corrected chi connectivity index (χ3v) is 12.3. The SMILES string of the molecule is OC(CP12(OC(C(F)(F)F)(C(F)(F)F)c3ccccc31)OC(C(F)(F)F)(C(F)(F)F)c1ccccc12)(C(F)(F)F)C(F)(F)F. The molecule has 1 spiro atoms. The molecule has 3 nitrogen and oxygen atoms in total. The van der Waals surface area contributed by atoms with Gasteiger partial charge in [-0.3, -0.25) is 0 Å². The maximum atomic E-state index is 14.5. The monoisotopic (exact) mass is 696 g/mol. The average molecular weight is 696 g/mol. The van der Waals surface area contributed by atoms with Crippen molar-refractivity contribution in [3.8, 4) is 0 Å². The van der Waals surface area contributed by atoms with E-state index in [9.17, 15) is 84.1 Å². The Morgan fingerprint density at radius 3 is 1.02 bits per heavy atom. The molecule has 0 bridgehead atoms. The normalized spacial score (nSPS) is 22.3. The zero-order valence-electron chi connectivity index (χ0n) is 20.3. The number of fused-ring (bicyclic) bond motifs is 4. The summed E-state index contributed by atoms with van der Waals surface area (Å²) in [7, 11) is -8.54. The van der Waals surface area contributed by atoms with Crippen molar-refractivity contribution < 1.29 is 93.2 Å². The van der Waals surface area contributed by atoms with Gasteiger partial charge in [0.25, 0.3) is 0 Å². The number of hydrogen-bond donors (Lipinski definition) is 1. The van der Waals surface area contributed by atoms with Crippen LogP contribution < -0.4 is 10.6 Å². The van der Waals surface area contributed by atoms with E-state index in [0.717, 1.165) is 0 Å². The van der Waals surface area contributed by atoms with Crippen molar-refractivity contribution in [1.29, 1.82) is 0 Å². The molecule has 0 radical (unpaired) electrons. The Hall–Kier alpha value is -2.51. The van der Waals surface area contributed by atoms with E-state index in [1.165, 1.54) is 0 Å². The van der Waals surface area contributed by atoms with Gasteiger partial charge in [0.2, 0.25) is 0 Å². The number of halogens is 18. The van der Waals surface area contributed by atoms with E-state index in [1.807, 2.05) is 0 Å². The molecule has 248 valence electrons. The zero-order chi connectivity index (χ0) is 34.0. The van der Waals surface area contributed by atoms with Crippen LogP contribution in [0.3, 0.4) is 0 Å². The molecule has 2 aromatic rings. The van der Waals surface area contributed by atoms with Crippen molar-refractivity contribution in [3.63, 3.8) is 0 Å². The second-order valence-corrected chi connectivity index (χ2v) is 13.6. The second-order valence-electron chi connectivity index (χ2n) is 9.71. The summed E-state index contributed by atoms with van der Waals surface area (Å²) in [4.78, 5) is 0. The standard InChI is InChI=1S/C22H11F18O3P/c23-17(24,25)14(41,18(26,27)28)9-44(12-7-3-1-5-10(12)15(42-44,19(29,30)31)20(32,33)34)13-8-4-2-6-11(13)16(43-44,21(35,36)37)22(38,39)40/h1-8,41H,9H2. The molecule has 44 heavy (non-hydrogen) atoms. The summed E-state index contributed by atoms with van der Waals surface area (Å²) in [6.45, 7) is 0. The van der Waals surface area contributed by atoms with Crippen LogP contribution in [0.15, 0.2) is 48.5 Å². The quantitative estimate of drug-likeness (QED) is 0.260. The average Bonchev–Trinajstić information content (AvgIpc) is 3.25. The summed E-state index contributed by atoms with van der Waals surface area (Å²) in [6.07, 6.45) is -46.5. The van der Waals surface area contributed by atoms with Crippen LogP contribution >= 0.6 is 7.06 Å². The van der Waals surface area contributed by atoms with Crippen LogP contribution in [0.25, 0.3) is 0 Å². The fourth-order valence-electron chi connectivity index (χ4n) is 5.48. The van der Waals surface area contributed by atoms with Gasteiger partial charge in [0.15, 0.2) is 0 Å². The Morgan fingerprint density at radius 2 is 0.773 bits per heavy atom. The molecule has 0 saturated carbocycles. The Kier molecular flexibility index (Phi) is 6.91. The van der Waals surface area contributed by atoms with Crippen LogP contribution in [0, 0.1) is 0 Å². The Labute approximate surface area is 231 Å². The van der Waals surface area contributed by atoms with Crippen molar-refractivity contribution in [1.82, 2.24) is 0 Å². The summed E-state index contributed by atoms with van der Waals surface area (Å²) in [5, 5.41) is 5.49. The molecule has 0 amide bonds. The first-order chi connectivity index (χ1) is 19.4. The Balaban J connectivity index is 2.40. The van der Waals surface area contributed by atoms with E-state index in [0.29, 0.717) is 12.1 Å². The van der Waals surface area contributed by atoms with E-state index in [4.69, 9.17) is 0 Å². The summed E-state index contributed by atoms with van der Waals surface area (Å²) in [5.74, 6) is 0. The molecule has 2 heterocycles. The first-order valence-electron chi connectivity index (χ1n) is 11.2. The molecule has 2 aliphatic rings. The molecule has 0 aromatic heterocycles. The van der Waals surface area contributed by atoms with Gasteiger partial charge in [-0.05, 0) is 0 Å². The van der Waals surface area contributed by atoms with Crippen molar-refractivity contribution in [2.75, 3.05) is 6.16 Å². The molecule has 1 N–H and O–H groups in total. The van der Waals surface area contributed by atoms with Gasteiger partial charge >= 0.3 is 231 Å². The Bertz CT molecular complexity index is 1320. The van der Waals surface area contributed by atoms with E-state index in [1.54, 1.807) is 0 Å². The minimum absolute atomic E-state index is 0.181. The van der Waals surface area contributed by atoms with Crippen LogP contribution in [-0.4, -0.2) is 53.9 Å². The fourth-order valence-corrected chi connectivity index (χ4v) is 11.8.